The maximum absolute atomic E-state index is 11.4. The molecule has 106 valence electrons. The van der Waals surface area contributed by atoms with Gasteiger partial charge in [-0.2, -0.15) is 0 Å². The molecule has 0 aliphatic heterocycles. The van der Waals surface area contributed by atoms with Gasteiger partial charge in [0.2, 0.25) is 0 Å². The van der Waals surface area contributed by atoms with Gasteiger partial charge in [0.15, 0.2) is 0 Å². The molecule has 2 N–H and O–H groups in total. The van der Waals surface area contributed by atoms with Crippen LogP contribution in [0.15, 0.2) is 0 Å². The van der Waals surface area contributed by atoms with E-state index in [-0.39, 0.29) is 12.1 Å². The summed E-state index contributed by atoms with van der Waals surface area (Å²) < 4.78 is 5.72. The maximum atomic E-state index is 11.4. The minimum atomic E-state index is -0.910. The fourth-order valence-electron chi connectivity index (χ4n) is 2.32. The lowest BCUT2D eigenvalue weighted by molar-refractivity contribution is -0.146. The van der Waals surface area contributed by atoms with Gasteiger partial charge in [0, 0.05) is 19.1 Å². The highest BCUT2D eigenvalue weighted by molar-refractivity contribution is 5.78. The minimum Gasteiger partial charge on any atom is -0.480 e. The van der Waals surface area contributed by atoms with Crippen LogP contribution in [0.1, 0.15) is 53.4 Å². The lowest BCUT2D eigenvalue weighted by atomic mass is 9.94. The van der Waals surface area contributed by atoms with E-state index in [1.54, 1.807) is 6.92 Å². The van der Waals surface area contributed by atoms with Gasteiger partial charge in [-0.15, -0.1) is 0 Å². The molecule has 1 aliphatic rings. The molecule has 2 atom stereocenters. The van der Waals surface area contributed by atoms with Crippen LogP contribution in [0.2, 0.25) is 0 Å². The van der Waals surface area contributed by atoms with Crippen LogP contribution in [0.25, 0.3) is 0 Å². The summed E-state index contributed by atoms with van der Waals surface area (Å²) in [6.45, 7) is 8.36. The molecular weight excluding hydrogens is 230 g/mol. The van der Waals surface area contributed by atoms with Crippen molar-refractivity contribution in [3.63, 3.8) is 0 Å². The first kappa shape index (κ1) is 15.4. The Balaban J connectivity index is 2.35. The Kier molecular flexibility index (Phi) is 5.60. The smallest absolute Gasteiger partial charge is 0.323 e. The molecule has 0 heterocycles. The molecule has 0 saturated heterocycles. The third-order valence-corrected chi connectivity index (χ3v) is 3.40. The zero-order valence-electron chi connectivity index (χ0n) is 12.0. The van der Waals surface area contributed by atoms with Gasteiger partial charge in [-0.3, -0.25) is 10.1 Å². The second-order valence-electron chi connectivity index (χ2n) is 6.05. The quantitative estimate of drug-likeness (QED) is 0.666. The zero-order valence-corrected chi connectivity index (χ0v) is 12.0. The number of rotatable bonds is 9. The van der Waals surface area contributed by atoms with Crippen LogP contribution in [0.3, 0.4) is 0 Å². The summed E-state index contributed by atoms with van der Waals surface area (Å²) in [4.78, 5) is 11.4. The number of nitrogens with one attached hydrogen (secondary N) is 1. The second-order valence-corrected chi connectivity index (χ2v) is 6.05. The van der Waals surface area contributed by atoms with E-state index in [0.29, 0.717) is 6.42 Å². The normalized spacial score (nSPS) is 20.7. The van der Waals surface area contributed by atoms with Crippen molar-refractivity contribution < 1.29 is 14.6 Å². The average molecular weight is 257 g/mol. The molecule has 0 bridgehead atoms. The number of hydrogen-bond acceptors (Lipinski definition) is 3. The highest BCUT2D eigenvalue weighted by Gasteiger charge is 2.35. The van der Waals surface area contributed by atoms with E-state index >= 15 is 0 Å². The molecule has 1 aliphatic carbocycles. The van der Waals surface area contributed by atoms with Crippen LogP contribution >= 0.6 is 0 Å². The number of carboxylic acids is 1. The van der Waals surface area contributed by atoms with Gasteiger partial charge in [-0.05, 0) is 40.0 Å². The molecule has 18 heavy (non-hydrogen) atoms. The molecule has 4 heteroatoms. The predicted octanol–water partition coefficient (Wildman–Crippen LogP) is 2.42. The van der Waals surface area contributed by atoms with E-state index in [2.05, 4.69) is 5.32 Å². The Morgan fingerprint density at radius 3 is 2.50 bits per heavy atom. The van der Waals surface area contributed by atoms with Crippen LogP contribution in [0.4, 0.5) is 0 Å². The Hall–Kier alpha value is -0.610. The highest BCUT2D eigenvalue weighted by Crippen LogP contribution is 2.32. The first-order chi connectivity index (χ1) is 8.33. The minimum absolute atomic E-state index is 0.0314. The third kappa shape index (κ3) is 5.36. The van der Waals surface area contributed by atoms with Crippen molar-refractivity contribution >= 4 is 5.97 Å². The van der Waals surface area contributed by atoms with Crippen molar-refractivity contribution in [1.82, 2.24) is 5.32 Å². The van der Waals surface area contributed by atoms with E-state index in [1.165, 1.54) is 12.8 Å². The van der Waals surface area contributed by atoms with Gasteiger partial charge >= 0.3 is 5.97 Å². The fourth-order valence-corrected chi connectivity index (χ4v) is 2.32. The zero-order chi connectivity index (χ0) is 13.8. The van der Waals surface area contributed by atoms with Gasteiger partial charge in [-0.1, -0.05) is 12.8 Å². The Labute approximate surface area is 110 Å². The summed E-state index contributed by atoms with van der Waals surface area (Å²) in [6.07, 6.45) is 4.24. The molecular formula is C14H27NO3. The van der Waals surface area contributed by atoms with Crippen molar-refractivity contribution in [2.45, 2.75) is 71.1 Å². The highest BCUT2D eigenvalue weighted by atomic mass is 16.5. The molecule has 0 radical (unpaired) electrons. The number of ether oxygens (including phenoxy) is 1. The fraction of sp³-hybridized carbons (Fsp3) is 0.929. The first-order valence-electron chi connectivity index (χ1n) is 6.96. The van der Waals surface area contributed by atoms with Gasteiger partial charge in [0.05, 0.1) is 6.10 Å². The monoisotopic (exact) mass is 257 g/mol. The van der Waals surface area contributed by atoms with Gasteiger partial charge < -0.3 is 9.84 Å². The molecule has 1 fully saturated rings. The van der Waals surface area contributed by atoms with Crippen molar-refractivity contribution in [1.29, 1.82) is 0 Å². The van der Waals surface area contributed by atoms with E-state index in [1.807, 2.05) is 20.8 Å². The van der Waals surface area contributed by atoms with E-state index in [0.717, 1.165) is 18.9 Å². The standard InChI is InChI=1S/C14H27NO3/c1-10(2)15-14(4,13(16)17)9-11(3)18-8-7-12-5-6-12/h10-12,15H,5-9H2,1-4H3,(H,16,17). The molecule has 0 aromatic heterocycles. The van der Waals surface area contributed by atoms with Crippen LogP contribution in [-0.4, -0.2) is 35.4 Å². The van der Waals surface area contributed by atoms with Gasteiger partial charge in [0.25, 0.3) is 0 Å². The van der Waals surface area contributed by atoms with E-state index in [4.69, 9.17) is 4.74 Å². The SMILES string of the molecule is CC(C)NC(C)(CC(C)OCCC1CC1)C(=O)O. The van der Waals surface area contributed by atoms with Gasteiger partial charge in [-0.25, -0.2) is 0 Å². The van der Waals surface area contributed by atoms with E-state index < -0.39 is 11.5 Å². The predicted molar refractivity (Wildman–Crippen MR) is 71.7 cm³/mol. The van der Waals surface area contributed by atoms with Gasteiger partial charge in [0.1, 0.15) is 5.54 Å². The molecule has 0 spiro atoms. The number of carboxylic acid groups (broad SMARTS) is 1. The largest absolute Gasteiger partial charge is 0.480 e. The number of aliphatic carboxylic acids is 1. The van der Waals surface area contributed by atoms with Crippen molar-refractivity contribution in [3.05, 3.63) is 0 Å². The van der Waals surface area contributed by atoms with E-state index in [9.17, 15) is 9.90 Å². The topological polar surface area (TPSA) is 58.6 Å². The van der Waals surface area contributed by atoms with Crippen molar-refractivity contribution in [3.8, 4) is 0 Å². The second kappa shape index (κ2) is 6.53. The van der Waals surface area contributed by atoms with Crippen LogP contribution in [-0.2, 0) is 9.53 Å². The molecule has 0 amide bonds. The van der Waals surface area contributed by atoms with Crippen LogP contribution in [0.5, 0.6) is 0 Å². The summed E-state index contributed by atoms with van der Waals surface area (Å²) in [6, 6.07) is 0.143. The molecule has 4 nitrogen and oxygen atoms in total. The summed E-state index contributed by atoms with van der Waals surface area (Å²) in [5.41, 5.74) is -0.910. The molecule has 0 aromatic rings. The summed E-state index contributed by atoms with van der Waals surface area (Å²) in [7, 11) is 0. The Morgan fingerprint density at radius 1 is 1.44 bits per heavy atom. The summed E-state index contributed by atoms with van der Waals surface area (Å²) in [5, 5.41) is 12.5. The summed E-state index contributed by atoms with van der Waals surface area (Å²) in [5.74, 6) is 0.0469. The molecule has 0 aromatic carbocycles. The molecule has 2 unspecified atom stereocenters. The lowest BCUT2D eigenvalue weighted by Gasteiger charge is -2.31. The third-order valence-electron chi connectivity index (χ3n) is 3.40. The molecule has 1 rings (SSSR count). The number of hydrogen-bond donors (Lipinski definition) is 2. The van der Waals surface area contributed by atoms with Crippen LogP contribution < -0.4 is 5.32 Å². The van der Waals surface area contributed by atoms with Crippen molar-refractivity contribution in [2.75, 3.05) is 6.61 Å². The first-order valence-corrected chi connectivity index (χ1v) is 6.96. The van der Waals surface area contributed by atoms with Crippen molar-refractivity contribution in [2.24, 2.45) is 5.92 Å². The average Bonchev–Trinajstić information content (AvgIpc) is 2.99. The lowest BCUT2D eigenvalue weighted by Crippen LogP contribution is -2.54. The Morgan fingerprint density at radius 2 is 2.06 bits per heavy atom. The van der Waals surface area contributed by atoms with Crippen LogP contribution in [0, 0.1) is 5.92 Å². The number of carbonyl (C=O) groups is 1. The maximum Gasteiger partial charge on any atom is 0.323 e. The summed E-state index contributed by atoms with van der Waals surface area (Å²) >= 11 is 0. The molecule has 1 saturated carbocycles. The Bertz CT molecular complexity index is 276.